The van der Waals surface area contributed by atoms with Crippen LogP contribution in [0.2, 0.25) is 0 Å². The van der Waals surface area contributed by atoms with Crippen molar-refractivity contribution in [1.29, 1.82) is 5.26 Å². The van der Waals surface area contributed by atoms with Crippen molar-refractivity contribution in [2.45, 2.75) is 25.5 Å². The molecule has 0 aliphatic carbocycles. The van der Waals surface area contributed by atoms with Crippen LogP contribution in [0.15, 0.2) is 53.1 Å². The molecule has 1 aromatic carbocycles. The van der Waals surface area contributed by atoms with Crippen LogP contribution in [0.5, 0.6) is 0 Å². The van der Waals surface area contributed by atoms with E-state index in [2.05, 4.69) is 0 Å². The van der Waals surface area contributed by atoms with Crippen molar-refractivity contribution in [3.8, 4) is 6.07 Å². The largest absolute Gasteiger partial charge is 0.467 e. The van der Waals surface area contributed by atoms with E-state index in [0.29, 0.717) is 24.4 Å². The Balaban J connectivity index is 2.00. The molecule has 1 aromatic heterocycles. The quantitative estimate of drug-likeness (QED) is 0.852. The fourth-order valence-electron chi connectivity index (χ4n) is 2.16. The third-order valence-electron chi connectivity index (χ3n) is 3.33. The van der Waals surface area contributed by atoms with Crippen molar-refractivity contribution in [1.82, 2.24) is 4.90 Å². The van der Waals surface area contributed by atoms with E-state index in [1.807, 2.05) is 24.3 Å². The maximum Gasteiger partial charge on any atom is 0.225 e. The molecule has 1 heterocycles. The molecule has 2 rings (SSSR count). The summed E-state index contributed by atoms with van der Waals surface area (Å²) >= 11 is 0. The zero-order valence-corrected chi connectivity index (χ0v) is 12.2. The maximum absolute atomic E-state index is 12.4. The highest BCUT2D eigenvalue weighted by Gasteiger charge is 2.19. The normalized spacial score (nSPS) is 11.6. The molecular formula is C17H18N2O3. The van der Waals surface area contributed by atoms with Crippen LogP contribution < -0.4 is 0 Å². The number of amides is 1. The lowest BCUT2D eigenvalue weighted by molar-refractivity contribution is -0.134. The van der Waals surface area contributed by atoms with Gasteiger partial charge in [0, 0.05) is 6.54 Å². The molecule has 1 unspecified atom stereocenters. The molecule has 1 atom stereocenters. The average molecular weight is 298 g/mol. The molecule has 2 aromatic rings. The van der Waals surface area contributed by atoms with Crippen molar-refractivity contribution >= 4 is 5.91 Å². The lowest BCUT2D eigenvalue weighted by Gasteiger charge is -2.22. The van der Waals surface area contributed by atoms with E-state index >= 15 is 0 Å². The summed E-state index contributed by atoms with van der Waals surface area (Å²) in [5.41, 5.74) is 0.703. The Bertz CT molecular complexity index is 617. The smallest absolute Gasteiger partial charge is 0.225 e. The number of nitriles is 1. The minimum atomic E-state index is -0.852. The molecule has 0 aliphatic rings. The predicted molar refractivity (Wildman–Crippen MR) is 80.4 cm³/mol. The zero-order chi connectivity index (χ0) is 15.8. The summed E-state index contributed by atoms with van der Waals surface area (Å²) in [4.78, 5) is 13.9. The highest BCUT2D eigenvalue weighted by molar-refractivity contribution is 5.76. The Morgan fingerprint density at radius 1 is 1.27 bits per heavy atom. The molecule has 0 saturated heterocycles. The molecule has 0 bridgehead atoms. The van der Waals surface area contributed by atoms with Gasteiger partial charge in [-0.05, 0) is 17.7 Å². The number of hydrogen-bond donors (Lipinski definition) is 1. The minimum Gasteiger partial charge on any atom is -0.467 e. The van der Waals surface area contributed by atoms with E-state index < -0.39 is 6.10 Å². The Morgan fingerprint density at radius 2 is 2.05 bits per heavy atom. The van der Waals surface area contributed by atoms with Gasteiger partial charge >= 0.3 is 0 Å². The first-order chi connectivity index (χ1) is 10.7. The van der Waals surface area contributed by atoms with Gasteiger partial charge < -0.3 is 14.4 Å². The molecule has 1 amide bonds. The lowest BCUT2D eigenvalue weighted by atomic mass is 10.1. The molecule has 0 radical (unpaired) electrons. The van der Waals surface area contributed by atoms with Crippen molar-refractivity contribution in [3.63, 3.8) is 0 Å². The number of hydrogen-bond acceptors (Lipinski definition) is 4. The number of aliphatic hydroxyl groups is 1. The first-order valence-corrected chi connectivity index (χ1v) is 7.11. The van der Waals surface area contributed by atoms with Gasteiger partial charge in [0.2, 0.25) is 5.91 Å². The van der Waals surface area contributed by atoms with Crippen LogP contribution in [0.3, 0.4) is 0 Å². The van der Waals surface area contributed by atoms with Gasteiger partial charge in [-0.1, -0.05) is 30.3 Å². The second-order valence-electron chi connectivity index (χ2n) is 4.93. The number of benzene rings is 1. The summed E-state index contributed by atoms with van der Waals surface area (Å²) in [5, 5.41) is 18.9. The van der Waals surface area contributed by atoms with E-state index in [0.717, 1.165) is 0 Å². The number of nitrogens with zero attached hydrogens (tertiary/aromatic N) is 2. The van der Waals surface area contributed by atoms with E-state index in [1.54, 1.807) is 30.5 Å². The summed E-state index contributed by atoms with van der Waals surface area (Å²) in [6, 6.07) is 14.6. The van der Waals surface area contributed by atoms with Crippen LogP contribution >= 0.6 is 0 Å². The second-order valence-corrected chi connectivity index (χ2v) is 4.93. The molecule has 5 nitrogen and oxygen atoms in total. The Morgan fingerprint density at radius 3 is 2.68 bits per heavy atom. The summed E-state index contributed by atoms with van der Waals surface area (Å²) in [6.07, 6.45) is 0.917. The summed E-state index contributed by atoms with van der Waals surface area (Å²) < 4.78 is 5.24. The maximum atomic E-state index is 12.4. The van der Waals surface area contributed by atoms with E-state index in [9.17, 15) is 9.90 Å². The Kier molecular flexibility index (Phi) is 5.75. The molecule has 22 heavy (non-hydrogen) atoms. The SMILES string of the molecule is N#CCCN(Cc1ccco1)C(=O)CC(O)c1ccccc1. The molecule has 114 valence electrons. The Labute approximate surface area is 129 Å². The number of furan rings is 1. The van der Waals surface area contributed by atoms with Gasteiger partial charge in [-0.15, -0.1) is 0 Å². The summed E-state index contributed by atoms with van der Waals surface area (Å²) in [5.74, 6) is 0.448. The molecule has 0 saturated carbocycles. The first kappa shape index (κ1) is 15.8. The zero-order valence-electron chi connectivity index (χ0n) is 12.2. The number of carbonyl (C=O) groups excluding carboxylic acids is 1. The van der Waals surface area contributed by atoms with Gasteiger partial charge in [0.25, 0.3) is 0 Å². The van der Waals surface area contributed by atoms with Crippen molar-refractivity contribution in [2.75, 3.05) is 6.54 Å². The van der Waals surface area contributed by atoms with Crippen LogP contribution in [-0.4, -0.2) is 22.5 Å². The van der Waals surface area contributed by atoms with Crippen LogP contribution in [0.25, 0.3) is 0 Å². The standard InChI is InChI=1S/C17H18N2O3/c18-9-5-10-19(13-15-8-4-11-22-15)17(21)12-16(20)14-6-2-1-3-7-14/h1-4,6-8,11,16,20H,5,10,12-13H2. The fourth-order valence-corrected chi connectivity index (χ4v) is 2.16. The Hall–Kier alpha value is -2.58. The highest BCUT2D eigenvalue weighted by Crippen LogP contribution is 2.18. The van der Waals surface area contributed by atoms with Gasteiger partial charge in [-0.3, -0.25) is 4.79 Å². The molecule has 0 aliphatic heterocycles. The summed E-state index contributed by atoms with van der Waals surface area (Å²) in [6.45, 7) is 0.618. The van der Waals surface area contributed by atoms with E-state index in [-0.39, 0.29) is 18.7 Å². The van der Waals surface area contributed by atoms with Crippen LogP contribution in [-0.2, 0) is 11.3 Å². The molecular weight excluding hydrogens is 280 g/mol. The number of carbonyl (C=O) groups is 1. The monoisotopic (exact) mass is 298 g/mol. The van der Waals surface area contributed by atoms with Gasteiger partial charge in [0.05, 0.1) is 37.8 Å². The molecule has 5 heteroatoms. The van der Waals surface area contributed by atoms with Gasteiger partial charge in [0.1, 0.15) is 5.76 Å². The molecule has 0 spiro atoms. The third-order valence-corrected chi connectivity index (χ3v) is 3.33. The lowest BCUT2D eigenvalue weighted by Crippen LogP contribution is -2.32. The van der Waals surface area contributed by atoms with Crippen LogP contribution in [0.1, 0.15) is 30.3 Å². The van der Waals surface area contributed by atoms with E-state index in [1.165, 1.54) is 4.90 Å². The second kappa shape index (κ2) is 8.01. The number of rotatable bonds is 7. The molecule has 1 N–H and O–H groups in total. The van der Waals surface area contributed by atoms with Gasteiger partial charge in [-0.2, -0.15) is 5.26 Å². The molecule has 0 fully saturated rings. The number of aliphatic hydroxyl groups excluding tert-OH is 1. The summed E-state index contributed by atoms with van der Waals surface area (Å²) in [7, 11) is 0. The van der Waals surface area contributed by atoms with Crippen LogP contribution in [0, 0.1) is 11.3 Å². The van der Waals surface area contributed by atoms with Crippen LogP contribution in [0.4, 0.5) is 0 Å². The van der Waals surface area contributed by atoms with Gasteiger partial charge in [0.15, 0.2) is 0 Å². The highest BCUT2D eigenvalue weighted by atomic mass is 16.3. The third kappa shape index (κ3) is 4.47. The predicted octanol–water partition coefficient (Wildman–Crippen LogP) is 2.65. The van der Waals surface area contributed by atoms with Gasteiger partial charge in [-0.25, -0.2) is 0 Å². The first-order valence-electron chi connectivity index (χ1n) is 7.11. The van der Waals surface area contributed by atoms with Crippen molar-refractivity contribution < 1.29 is 14.3 Å². The van der Waals surface area contributed by atoms with E-state index in [4.69, 9.17) is 9.68 Å². The van der Waals surface area contributed by atoms with Crippen molar-refractivity contribution in [2.24, 2.45) is 0 Å². The topological polar surface area (TPSA) is 77.5 Å². The fraction of sp³-hybridized carbons (Fsp3) is 0.294. The average Bonchev–Trinajstić information content (AvgIpc) is 3.05. The minimum absolute atomic E-state index is 0.0177. The van der Waals surface area contributed by atoms with Crippen molar-refractivity contribution in [3.05, 3.63) is 60.1 Å².